The molecule has 2 aromatic carbocycles. The van der Waals surface area contributed by atoms with Crippen LogP contribution in [0, 0.1) is 0 Å². The Labute approximate surface area is 199 Å². The Morgan fingerprint density at radius 1 is 1.03 bits per heavy atom. The number of carbonyl (C=O) groups is 1. The van der Waals surface area contributed by atoms with E-state index in [1.165, 1.54) is 30.2 Å². The van der Waals surface area contributed by atoms with Crippen molar-refractivity contribution < 1.29 is 14.3 Å². The van der Waals surface area contributed by atoms with Crippen molar-refractivity contribution in [3.8, 4) is 17.2 Å². The summed E-state index contributed by atoms with van der Waals surface area (Å²) in [6.45, 7) is 5.24. The second kappa shape index (κ2) is 12.2. The topological polar surface area (TPSA) is 82.4 Å². The molecule has 0 saturated heterocycles. The van der Waals surface area contributed by atoms with Crippen molar-refractivity contribution >= 4 is 17.7 Å². The van der Waals surface area contributed by atoms with E-state index in [2.05, 4.69) is 34.6 Å². The highest BCUT2D eigenvalue weighted by atomic mass is 32.2. The van der Waals surface area contributed by atoms with Gasteiger partial charge in [-0.15, -0.1) is 5.10 Å². The number of carbonyl (C=O) groups excluding carboxylic acids is 1. The minimum absolute atomic E-state index is 0.0155. The Kier molecular flexibility index (Phi) is 9.12. The Morgan fingerprint density at radius 3 is 2.42 bits per heavy atom. The number of nitrogens with zero attached hydrogens (tertiary/aromatic N) is 5. The molecule has 1 aromatic heterocycles. The molecule has 0 spiro atoms. The molecule has 0 bridgehead atoms. The average molecular weight is 470 g/mol. The van der Waals surface area contributed by atoms with Crippen LogP contribution in [-0.2, 0) is 17.8 Å². The zero-order chi connectivity index (χ0) is 23.6. The van der Waals surface area contributed by atoms with Crippen molar-refractivity contribution in [1.82, 2.24) is 25.1 Å². The van der Waals surface area contributed by atoms with Gasteiger partial charge < -0.3 is 14.4 Å². The molecule has 0 unspecified atom stereocenters. The van der Waals surface area contributed by atoms with Gasteiger partial charge in [0.05, 0.1) is 25.7 Å². The molecule has 0 atom stereocenters. The molecule has 3 rings (SSSR count). The number of benzene rings is 2. The summed E-state index contributed by atoms with van der Waals surface area (Å²) in [4.78, 5) is 14.7. The van der Waals surface area contributed by atoms with E-state index < -0.39 is 0 Å². The summed E-state index contributed by atoms with van der Waals surface area (Å²) < 4.78 is 12.3. The molecule has 1 heterocycles. The van der Waals surface area contributed by atoms with Crippen LogP contribution in [-0.4, -0.2) is 57.5 Å². The van der Waals surface area contributed by atoms with Crippen LogP contribution in [0.3, 0.4) is 0 Å². The fourth-order valence-electron chi connectivity index (χ4n) is 3.41. The Balaban J connectivity index is 1.63. The maximum Gasteiger partial charge on any atom is 0.233 e. The first-order valence-corrected chi connectivity index (χ1v) is 12.1. The fourth-order valence-corrected chi connectivity index (χ4v) is 4.20. The summed E-state index contributed by atoms with van der Waals surface area (Å²) in [5, 5.41) is 12.6. The Hall–Kier alpha value is -3.07. The van der Waals surface area contributed by atoms with Crippen molar-refractivity contribution in [2.45, 2.75) is 44.8 Å². The van der Waals surface area contributed by atoms with Gasteiger partial charge in [0.25, 0.3) is 0 Å². The number of methoxy groups -OCH3 is 2. The molecule has 0 fully saturated rings. The minimum atomic E-state index is 0.0155. The predicted molar refractivity (Wildman–Crippen MR) is 129 cm³/mol. The first-order chi connectivity index (χ1) is 16.1. The number of aryl methyl sites for hydroxylation is 1. The van der Waals surface area contributed by atoms with Gasteiger partial charge >= 0.3 is 0 Å². The van der Waals surface area contributed by atoms with E-state index in [1.807, 2.05) is 37.3 Å². The maximum atomic E-state index is 12.9. The quantitative estimate of drug-likeness (QED) is 0.368. The second-order valence-corrected chi connectivity index (χ2v) is 8.47. The van der Waals surface area contributed by atoms with E-state index in [4.69, 9.17) is 9.47 Å². The molecule has 0 radical (unpaired) electrons. The van der Waals surface area contributed by atoms with Gasteiger partial charge in [0.1, 0.15) is 0 Å². The lowest BCUT2D eigenvalue weighted by molar-refractivity contribution is -0.128. The van der Waals surface area contributed by atoms with Crippen LogP contribution in [0.1, 0.15) is 37.8 Å². The molecule has 0 aliphatic heterocycles. The van der Waals surface area contributed by atoms with Gasteiger partial charge in [0, 0.05) is 13.1 Å². The number of thioether (sulfide) groups is 1. The lowest BCUT2D eigenvalue weighted by Crippen LogP contribution is -2.31. The zero-order valence-corrected chi connectivity index (χ0v) is 20.5. The molecule has 0 N–H and O–H groups in total. The van der Waals surface area contributed by atoms with Crippen molar-refractivity contribution in [3.63, 3.8) is 0 Å². The van der Waals surface area contributed by atoms with Crippen LogP contribution in [0.4, 0.5) is 0 Å². The third-order valence-electron chi connectivity index (χ3n) is 5.32. The lowest BCUT2D eigenvalue weighted by atomic mass is 10.1. The monoisotopic (exact) mass is 469 g/mol. The van der Waals surface area contributed by atoms with Crippen molar-refractivity contribution in [2.75, 3.05) is 26.5 Å². The van der Waals surface area contributed by atoms with E-state index in [9.17, 15) is 4.79 Å². The van der Waals surface area contributed by atoms with Gasteiger partial charge in [0.2, 0.25) is 11.1 Å². The van der Waals surface area contributed by atoms with E-state index in [1.54, 1.807) is 23.8 Å². The van der Waals surface area contributed by atoms with Gasteiger partial charge in [-0.25, -0.2) is 0 Å². The molecular formula is C24H31N5O3S. The van der Waals surface area contributed by atoms with Gasteiger partial charge in [-0.1, -0.05) is 43.3 Å². The molecule has 0 aliphatic carbocycles. The van der Waals surface area contributed by atoms with Crippen LogP contribution in [0.15, 0.2) is 47.6 Å². The summed E-state index contributed by atoms with van der Waals surface area (Å²) >= 11 is 1.33. The third-order valence-corrected chi connectivity index (χ3v) is 6.23. The van der Waals surface area contributed by atoms with Crippen LogP contribution in [0.25, 0.3) is 5.69 Å². The molecule has 3 aromatic rings. The van der Waals surface area contributed by atoms with Crippen molar-refractivity contribution in [3.05, 3.63) is 53.6 Å². The number of hydrogen-bond donors (Lipinski definition) is 0. The number of unbranched alkanes of at least 4 members (excludes halogenated alkanes) is 1. The third kappa shape index (κ3) is 6.47. The predicted octanol–water partition coefficient (Wildman–Crippen LogP) is 4.16. The lowest BCUT2D eigenvalue weighted by Gasteiger charge is -2.21. The van der Waals surface area contributed by atoms with Crippen molar-refractivity contribution in [1.29, 1.82) is 0 Å². The first kappa shape index (κ1) is 24.6. The number of ether oxygens (including phenoxy) is 2. The molecule has 1 amide bonds. The molecular weight excluding hydrogens is 438 g/mol. The van der Waals surface area contributed by atoms with Crippen LogP contribution < -0.4 is 9.47 Å². The molecule has 33 heavy (non-hydrogen) atoms. The highest BCUT2D eigenvalue weighted by Gasteiger charge is 2.17. The molecule has 0 saturated carbocycles. The molecule has 8 nitrogen and oxygen atoms in total. The normalized spacial score (nSPS) is 10.8. The Bertz CT molecular complexity index is 1040. The van der Waals surface area contributed by atoms with Crippen LogP contribution in [0.5, 0.6) is 11.5 Å². The number of hydrogen-bond acceptors (Lipinski definition) is 7. The SMILES string of the molecule is CCCCc1ccc(-n2nnnc2SCC(=O)N(CC)Cc2ccc(OC)c(OC)c2)cc1. The highest BCUT2D eigenvalue weighted by Crippen LogP contribution is 2.28. The highest BCUT2D eigenvalue weighted by molar-refractivity contribution is 7.99. The standard InChI is InChI=1S/C24H31N5O3S/c1-5-7-8-18-9-12-20(13-10-18)29-24(25-26-27-29)33-17-23(30)28(6-2)16-19-11-14-21(31-3)22(15-19)32-4/h9-15H,5-8,16-17H2,1-4H3. The van der Waals surface area contributed by atoms with E-state index in [0.29, 0.717) is 29.7 Å². The van der Waals surface area contributed by atoms with Crippen LogP contribution in [0.2, 0.25) is 0 Å². The summed E-state index contributed by atoms with van der Waals surface area (Å²) in [6.07, 6.45) is 3.41. The number of aromatic nitrogens is 4. The first-order valence-electron chi connectivity index (χ1n) is 11.1. The summed E-state index contributed by atoms with van der Waals surface area (Å²) in [6, 6.07) is 13.9. The van der Waals surface area contributed by atoms with Gasteiger partial charge in [-0.05, 0) is 65.6 Å². The maximum absolute atomic E-state index is 12.9. The van der Waals surface area contributed by atoms with Gasteiger partial charge in [0.15, 0.2) is 11.5 Å². The van der Waals surface area contributed by atoms with E-state index in [-0.39, 0.29) is 11.7 Å². The molecule has 9 heteroatoms. The Morgan fingerprint density at radius 2 is 1.76 bits per heavy atom. The average Bonchev–Trinajstić information content (AvgIpc) is 3.33. The molecule has 176 valence electrons. The molecule has 0 aliphatic rings. The van der Waals surface area contributed by atoms with Gasteiger partial charge in [-0.2, -0.15) is 4.68 Å². The number of tetrazole rings is 1. The van der Waals surface area contributed by atoms with E-state index >= 15 is 0 Å². The number of amides is 1. The summed E-state index contributed by atoms with van der Waals surface area (Å²) in [7, 11) is 3.20. The van der Waals surface area contributed by atoms with Crippen LogP contribution >= 0.6 is 11.8 Å². The van der Waals surface area contributed by atoms with Crippen molar-refractivity contribution in [2.24, 2.45) is 0 Å². The van der Waals surface area contributed by atoms with E-state index in [0.717, 1.165) is 17.7 Å². The smallest absolute Gasteiger partial charge is 0.233 e. The van der Waals surface area contributed by atoms with Gasteiger partial charge in [-0.3, -0.25) is 4.79 Å². The summed E-state index contributed by atoms with van der Waals surface area (Å²) in [5.41, 5.74) is 3.15. The fraction of sp³-hybridized carbons (Fsp3) is 0.417. The summed E-state index contributed by atoms with van der Waals surface area (Å²) in [5.74, 6) is 1.57. The minimum Gasteiger partial charge on any atom is -0.493 e. The second-order valence-electron chi connectivity index (χ2n) is 7.53. The largest absolute Gasteiger partial charge is 0.493 e. The number of rotatable bonds is 12. The zero-order valence-electron chi connectivity index (χ0n) is 19.7.